The van der Waals surface area contributed by atoms with Gasteiger partial charge in [0, 0.05) is 13.1 Å². The lowest BCUT2D eigenvalue weighted by Gasteiger charge is -2.12. The van der Waals surface area contributed by atoms with Gasteiger partial charge in [-0.3, -0.25) is 4.79 Å². The third-order valence-corrected chi connectivity index (χ3v) is 8.40. The number of nitrogens with one attached hydrogen (secondary N) is 4. The largest absolute Gasteiger partial charge is 0.511 e. The van der Waals surface area contributed by atoms with E-state index in [9.17, 15) is 33.6 Å². The van der Waals surface area contributed by atoms with Crippen molar-refractivity contribution in [3.63, 3.8) is 0 Å². The highest BCUT2D eigenvalue weighted by atomic mass is 16.6. The standard InChI is InChI=1S/C15H18N2O5.C14H20N2O4.C6H9NO3.C6H13NO/c18-13-12(17-15(20)22-13)8-4-5-9-16-14(19)21-10-11-6-2-1-3-7-11;15-12(13(17)18)8-4-5-9-16-14(19)20-10-11-6-2-1-3-7-11;1-3(2)4-5(8)10-6(9)7-4;1-4(2)6(7)5(3)8/h1-3,6-7,12H,4-5,8-10H2,(H,16,19)(H,17,20);1-3,6-7,12H,4-5,8-10,15H2,(H,16,19)(H,17,18);3-4H,1-2H3,(H,7,9);4,6,8H,3,7H2,1-2H3. The molecule has 0 aliphatic carbocycles. The number of carbonyl (C=O) groups is 7. The predicted octanol–water partition coefficient (Wildman–Crippen LogP) is 4.53. The highest BCUT2D eigenvalue weighted by Gasteiger charge is 2.34. The second kappa shape index (κ2) is 29.1. The lowest BCUT2D eigenvalue weighted by Crippen LogP contribution is -2.33. The first kappa shape index (κ1) is 51.8. The van der Waals surface area contributed by atoms with Crippen LogP contribution in [0.4, 0.5) is 19.2 Å². The van der Waals surface area contributed by atoms with Crippen LogP contribution in [-0.2, 0) is 46.5 Å². The van der Waals surface area contributed by atoms with E-state index in [4.69, 9.17) is 31.2 Å². The van der Waals surface area contributed by atoms with Crippen LogP contribution in [0, 0.1) is 11.8 Å². The number of hydrogen-bond acceptors (Lipinski definition) is 14. The molecule has 19 heteroatoms. The molecule has 332 valence electrons. The molecule has 2 aliphatic rings. The number of cyclic esters (lactones) is 4. The fourth-order valence-electron chi connectivity index (χ4n) is 4.79. The van der Waals surface area contributed by atoms with Gasteiger partial charge >= 0.3 is 42.3 Å². The van der Waals surface area contributed by atoms with Crippen LogP contribution in [0.25, 0.3) is 0 Å². The van der Waals surface area contributed by atoms with Crippen LogP contribution < -0.4 is 32.7 Å². The number of aliphatic hydroxyl groups is 1. The van der Waals surface area contributed by atoms with E-state index in [0.717, 1.165) is 11.1 Å². The molecule has 0 aromatic heterocycles. The first-order valence-corrected chi connectivity index (χ1v) is 19.5. The number of nitrogens with two attached hydrogens (primary N) is 2. The van der Waals surface area contributed by atoms with Crippen molar-refractivity contribution >= 4 is 42.3 Å². The van der Waals surface area contributed by atoms with Gasteiger partial charge in [-0.25, -0.2) is 28.8 Å². The monoisotopic (exact) mass is 844 g/mol. The Morgan fingerprint density at radius 1 is 0.733 bits per heavy atom. The smallest absolute Gasteiger partial charge is 0.415 e. The Morgan fingerprint density at radius 3 is 1.55 bits per heavy atom. The molecule has 60 heavy (non-hydrogen) atoms. The van der Waals surface area contributed by atoms with Crippen molar-refractivity contribution in [3.8, 4) is 0 Å². The Bertz CT molecular complexity index is 1660. The van der Waals surface area contributed by atoms with E-state index in [1.54, 1.807) is 0 Å². The lowest BCUT2D eigenvalue weighted by atomic mass is 10.0. The number of alkyl carbamates (subject to hydrolysis) is 4. The molecule has 4 amide bonds. The topological polar surface area (TPSA) is 297 Å². The molecule has 0 bridgehead atoms. The van der Waals surface area contributed by atoms with E-state index in [0.29, 0.717) is 51.6 Å². The summed E-state index contributed by atoms with van der Waals surface area (Å²) >= 11 is 0. The van der Waals surface area contributed by atoms with Gasteiger partial charge in [0.2, 0.25) is 0 Å². The Hall–Kier alpha value is -6.21. The molecule has 4 atom stereocenters. The molecule has 2 aromatic carbocycles. The summed E-state index contributed by atoms with van der Waals surface area (Å²) in [6, 6.07) is 16.7. The second-order valence-corrected chi connectivity index (χ2v) is 14.2. The molecule has 2 saturated heterocycles. The molecule has 4 rings (SSSR count). The van der Waals surface area contributed by atoms with Gasteiger partial charge in [-0.1, -0.05) is 94.9 Å². The first-order chi connectivity index (χ1) is 28.4. The quantitative estimate of drug-likeness (QED) is 0.0336. The summed E-state index contributed by atoms with van der Waals surface area (Å²) in [6.07, 6.45) is 1.28. The summed E-state index contributed by atoms with van der Waals surface area (Å²) in [5.41, 5.74) is 12.6. The summed E-state index contributed by atoms with van der Waals surface area (Å²) < 4.78 is 18.7. The normalized spacial score (nSPS) is 16.1. The van der Waals surface area contributed by atoms with E-state index in [2.05, 4.69) is 37.3 Å². The van der Waals surface area contributed by atoms with Crippen molar-refractivity contribution < 1.29 is 62.7 Å². The minimum atomic E-state index is -1.000. The van der Waals surface area contributed by atoms with E-state index >= 15 is 0 Å². The molecule has 2 heterocycles. The van der Waals surface area contributed by atoms with Gasteiger partial charge in [-0.05, 0) is 61.5 Å². The Labute approximate surface area is 349 Å². The molecular formula is C41H60N6O13. The van der Waals surface area contributed by atoms with Crippen molar-refractivity contribution in [2.24, 2.45) is 23.3 Å². The van der Waals surface area contributed by atoms with Crippen LogP contribution in [0.15, 0.2) is 73.0 Å². The summed E-state index contributed by atoms with van der Waals surface area (Å²) in [6.45, 7) is 12.2. The molecule has 0 radical (unpaired) electrons. The zero-order valence-corrected chi connectivity index (χ0v) is 34.6. The summed E-state index contributed by atoms with van der Waals surface area (Å²) in [5.74, 6) is -1.58. The molecular weight excluding hydrogens is 784 g/mol. The fourth-order valence-corrected chi connectivity index (χ4v) is 4.79. The number of esters is 2. The molecule has 2 fully saturated rings. The van der Waals surface area contributed by atoms with E-state index < -0.39 is 60.4 Å². The zero-order chi connectivity index (χ0) is 45.0. The molecule has 0 spiro atoms. The number of aliphatic carboxylic acids is 1. The second-order valence-electron chi connectivity index (χ2n) is 14.2. The van der Waals surface area contributed by atoms with Gasteiger partial charge in [-0.2, -0.15) is 0 Å². The third-order valence-electron chi connectivity index (χ3n) is 8.40. The Balaban J connectivity index is 0.000000432. The van der Waals surface area contributed by atoms with E-state index in [-0.39, 0.29) is 36.9 Å². The predicted molar refractivity (Wildman–Crippen MR) is 219 cm³/mol. The van der Waals surface area contributed by atoms with Crippen LogP contribution in [0.3, 0.4) is 0 Å². The van der Waals surface area contributed by atoms with Crippen LogP contribution in [0.2, 0.25) is 0 Å². The number of unbranched alkanes of at least 4 members (excludes halogenated alkanes) is 2. The van der Waals surface area contributed by atoms with Crippen LogP contribution >= 0.6 is 0 Å². The van der Waals surface area contributed by atoms with Gasteiger partial charge in [0.05, 0.1) is 6.04 Å². The van der Waals surface area contributed by atoms with Crippen LogP contribution in [0.1, 0.15) is 77.3 Å². The SMILES string of the molecule is C=C(O)C(N)C(C)C.CC(C)C1NC(=O)OC1=O.NC(CCCCNC(=O)OCc1ccccc1)C(=O)O.O=C(NCCCCC1NC(=O)OC1=O)OCc1ccccc1. The van der Waals surface area contributed by atoms with Crippen molar-refractivity contribution in [1.82, 2.24) is 21.3 Å². The molecule has 2 aromatic rings. The maximum Gasteiger partial charge on any atom is 0.415 e. The number of hydrogen-bond donors (Lipinski definition) is 8. The Kier molecular flexibility index (Phi) is 25.1. The molecule has 10 N–H and O–H groups in total. The summed E-state index contributed by atoms with van der Waals surface area (Å²) in [7, 11) is 0. The number of amides is 4. The number of ether oxygens (including phenoxy) is 4. The average Bonchev–Trinajstić information content (AvgIpc) is 3.74. The van der Waals surface area contributed by atoms with Gasteiger partial charge in [0.15, 0.2) is 0 Å². The number of rotatable bonds is 18. The molecule has 19 nitrogen and oxygen atoms in total. The fraction of sp³-hybridized carbons (Fsp3) is 0.488. The zero-order valence-electron chi connectivity index (χ0n) is 34.6. The summed E-state index contributed by atoms with van der Waals surface area (Å²) in [4.78, 5) is 76.4. The average molecular weight is 845 g/mol. The minimum Gasteiger partial charge on any atom is -0.511 e. The Morgan fingerprint density at radius 2 is 1.20 bits per heavy atom. The minimum absolute atomic E-state index is 0.0694. The first-order valence-electron chi connectivity index (χ1n) is 19.5. The van der Waals surface area contributed by atoms with Gasteiger partial charge < -0.3 is 61.9 Å². The van der Waals surface area contributed by atoms with E-state index in [1.807, 2.05) is 88.4 Å². The van der Waals surface area contributed by atoms with Crippen molar-refractivity contribution in [2.75, 3.05) is 13.1 Å². The van der Waals surface area contributed by atoms with Crippen LogP contribution in [-0.4, -0.2) is 89.8 Å². The maximum atomic E-state index is 11.5. The van der Waals surface area contributed by atoms with Crippen molar-refractivity contribution in [1.29, 1.82) is 0 Å². The van der Waals surface area contributed by atoms with E-state index in [1.165, 1.54) is 0 Å². The van der Waals surface area contributed by atoms with Gasteiger partial charge in [0.1, 0.15) is 37.1 Å². The maximum absolute atomic E-state index is 11.5. The number of carboxylic acids is 1. The van der Waals surface area contributed by atoms with Gasteiger partial charge in [-0.15, -0.1) is 0 Å². The van der Waals surface area contributed by atoms with Crippen LogP contribution in [0.5, 0.6) is 0 Å². The number of carbonyl (C=O) groups excluding carboxylic acids is 6. The third kappa shape index (κ3) is 23.3. The highest BCUT2D eigenvalue weighted by Crippen LogP contribution is 2.10. The molecule has 4 unspecified atom stereocenters. The number of aliphatic hydroxyl groups excluding tert-OH is 1. The van der Waals surface area contributed by atoms with Crippen molar-refractivity contribution in [3.05, 3.63) is 84.1 Å². The summed E-state index contributed by atoms with van der Waals surface area (Å²) in [5, 5.41) is 27.3. The van der Waals surface area contributed by atoms with Gasteiger partial charge in [0.25, 0.3) is 0 Å². The van der Waals surface area contributed by atoms with Crippen molar-refractivity contribution in [2.45, 2.75) is 104 Å². The number of benzene rings is 2. The highest BCUT2D eigenvalue weighted by molar-refractivity contribution is 5.96. The lowest BCUT2D eigenvalue weighted by molar-refractivity contribution is -0.139. The molecule has 2 aliphatic heterocycles. The molecule has 0 saturated carbocycles. The number of carboxylic acid groups (broad SMARTS) is 1.